The lowest BCUT2D eigenvalue weighted by molar-refractivity contribution is -0.122. The number of hydrogen-bond acceptors (Lipinski definition) is 15. The van der Waals surface area contributed by atoms with Crippen molar-refractivity contribution in [2.24, 2.45) is 5.73 Å². The van der Waals surface area contributed by atoms with Gasteiger partial charge in [-0.2, -0.15) is 5.26 Å². The summed E-state index contributed by atoms with van der Waals surface area (Å²) in [6.07, 6.45) is 2.06. The lowest BCUT2D eigenvalue weighted by Crippen LogP contribution is -2.28. The molecule has 0 aliphatic carbocycles. The van der Waals surface area contributed by atoms with E-state index in [4.69, 9.17) is 58.4 Å². The molecule has 290 valence electrons. The van der Waals surface area contributed by atoms with Gasteiger partial charge < -0.3 is 58.4 Å². The SMILES string of the molecule is N#CC#Cc1ccc(-n2cc(COCCOCCOCCOCCOCCC(=O)NCCOCCOCCOCCOCCOCCN)nn2)cc1. The summed E-state index contributed by atoms with van der Waals surface area (Å²) in [6, 6.07) is 9.14. The predicted octanol–water partition coefficient (Wildman–Crippen LogP) is 0.273. The first kappa shape index (κ1) is 44.6. The van der Waals surface area contributed by atoms with Crippen LogP contribution in [0.2, 0.25) is 0 Å². The molecule has 0 atom stereocenters. The van der Waals surface area contributed by atoms with Crippen LogP contribution in [0.5, 0.6) is 0 Å². The lowest BCUT2D eigenvalue weighted by atomic mass is 10.2. The Morgan fingerprint density at radius 3 is 1.62 bits per heavy atom. The van der Waals surface area contributed by atoms with Gasteiger partial charge in [-0.05, 0) is 24.3 Å². The number of nitrogens with zero attached hydrogens (tertiary/aromatic N) is 4. The van der Waals surface area contributed by atoms with Crippen molar-refractivity contribution in [1.29, 1.82) is 5.26 Å². The number of nitrogens with two attached hydrogens (primary N) is 1. The van der Waals surface area contributed by atoms with E-state index in [2.05, 4.69) is 27.5 Å². The number of hydrogen-bond donors (Lipinski definition) is 2. The van der Waals surface area contributed by atoms with Crippen molar-refractivity contribution in [3.8, 4) is 23.6 Å². The molecule has 0 aliphatic rings. The third-order valence-electron chi connectivity index (χ3n) is 6.47. The third kappa shape index (κ3) is 25.4. The molecule has 0 bridgehead atoms. The number of carbonyl (C=O) groups is 1. The predicted molar refractivity (Wildman–Crippen MR) is 188 cm³/mol. The largest absolute Gasteiger partial charge is 0.379 e. The standard InChI is InChI=1S/C35H54N6O11/c36-8-1-2-32-3-5-34(6-4-32)41-30-33(39-40-41)31-52-29-28-51-27-26-50-23-20-46-17-14-43-11-7-35(42)38-10-13-45-16-19-48-22-25-49-24-21-47-18-15-44-12-9-37/h3-6,30H,7,9-29,31,37H2,(H,38,42). The van der Waals surface area contributed by atoms with E-state index in [0.29, 0.717) is 151 Å². The second-order valence-corrected chi connectivity index (χ2v) is 10.5. The van der Waals surface area contributed by atoms with Crippen LogP contribution in [0.1, 0.15) is 17.7 Å². The number of amides is 1. The van der Waals surface area contributed by atoms with Crippen molar-refractivity contribution in [2.45, 2.75) is 13.0 Å². The number of benzene rings is 1. The second kappa shape index (κ2) is 33.3. The van der Waals surface area contributed by atoms with Gasteiger partial charge >= 0.3 is 0 Å². The Labute approximate surface area is 306 Å². The fraction of sp³-hybridized carbons (Fsp3) is 0.657. The maximum Gasteiger partial charge on any atom is 0.222 e. The van der Waals surface area contributed by atoms with Gasteiger partial charge in [-0.25, -0.2) is 4.68 Å². The first-order valence-electron chi connectivity index (χ1n) is 17.4. The summed E-state index contributed by atoms with van der Waals surface area (Å²) in [5, 5.41) is 19.6. The minimum Gasteiger partial charge on any atom is -0.379 e. The molecule has 0 fully saturated rings. The number of nitriles is 1. The number of ether oxygens (including phenoxy) is 10. The summed E-state index contributed by atoms with van der Waals surface area (Å²) < 4.78 is 56.0. The Morgan fingerprint density at radius 2 is 1.12 bits per heavy atom. The smallest absolute Gasteiger partial charge is 0.222 e. The van der Waals surface area contributed by atoms with Crippen LogP contribution < -0.4 is 11.1 Å². The Kier molecular flexibility index (Phi) is 28.6. The molecule has 0 unspecified atom stereocenters. The van der Waals surface area contributed by atoms with Gasteiger partial charge in [0.05, 0.1) is 144 Å². The number of carbonyl (C=O) groups excluding carboxylic acids is 1. The van der Waals surface area contributed by atoms with E-state index >= 15 is 0 Å². The average Bonchev–Trinajstić information content (AvgIpc) is 3.64. The summed E-state index contributed by atoms with van der Waals surface area (Å²) in [5.74, 6) is 5.01. The topological polar surface area (TPSA) is 202 Å². The molecule has 0 spiro atoms. The molecule has 1 heterocycles. The van der Waals surface area contributed by atoms with Crippen LogP contribution in [-0.4, -0.2) is 160 Å². The number of rotatable bonds is 35. The maximum atomic E-state index is 11.9. The average molecular weight is 735 g/mol. The molecule has 52 heavy (non-hydrogen) atoms. The fourth-order valence-corrected chi connectivity index (χ4v) is 3.93. The molecule has 2 rings (SSSR count). The molecule has 0 saturated carbocycles. The van der Waals surface area contributed by atoms with Crippen LogP contribution in [0.3, 0.4) is 0 Å². The monoisotopic (exact) mass is 734 g/mol. The maximum absolute atomic E-state index is 11.9. The Hall–Kier alpha value is -3.56. The van der Waals surface area contributed by atoms with Crippen LogP contribution in [0.15, 0.2) is 30.5 Å². The van der Waals surface area contributed by atoms with Crippen molar-refractivity contribution in [3.63, 3.8) is 0 Å². The highest BCUT2D eigenvalue weighted by Gasteiger charge is 2.04. The molecule has 1 aromatic heterocycles. The van der Waals surface area contributed by atoms with Crippen molar-refractivity contribution in [2.75, 3.05) is 139 Å². The van der Waals surface area contributed by atoms with Crippen LogP contribution in [0.4, 0.5) is 0 Å². The second-order valence-electron chi connectivity index (χ2n) is 10.5. The van der Waals surface area contributed by atoms with E-state index in [1.165, 1.54) is 0 Å². The van der Waals surface area contributed by atoms with Crippen molar-refractivity contribution < 1.29 is 52.2 Å². The molecule has 0 aliphatic heterocycles. The molecule has 2 aromatic rings. The van der Waals surface area contributed by atoms with Gasteiger partial charge in [-0.3, -0.25) is 4.79 Å². The van der Waals surface area contributed by atoms with Crippen molar-refractivity contribution in [3.05, 3.63) is 41.7 Å². The minimum absolute atomic E-state index is 0.0966. The number of nitrogens with one attached hydrogen (secondary N) is 1. The molecule has 0 radical (unpaired) electrons. The normalized spacial score (nSPS) is 10.9. The van der Waals surface area contributed by atoms with E-state index in [-0.39, 0.29) is 12.3 Å². The molecule has 17 nitrogen and oxygen atoms in total. The highest BCUT2D eigenvalue weighted by molar-refractivity contribution is 5.75. The van der Waals surface area contributed by atoms with Gasteiger partial charge in [0.15, 0.2) is 6.07 Å². The summed E-state index contributed by atoms with van der Waals surface area (Å²) in [6.45, 7) is 9.87. The van der Waals surface area contributed by atoms with Crippen LogP contribution in [0.25, 0.3) is 5.69 Å². The van der Waals surface area contributed by atoms with Gasteiger partial charge in [0.25, 0.3) is 0 Å². The first-order chi connectivity index (χ1) is 25.7. The van der Waals surface area contributed by atoms with Crippen molar-refractivity contribution in [1.82, 2.24) is 20.3 Å². The summed E-state index contributed by atoms with van der Waals surface area (Å²) in [5.41, 5.74) is 7.61. The van der Waals surface area contributed by atoms with Crippen molar-refractivity contribution >= 4 is 5.91 Å². The first-order valence-corrected chi connectivity index (χ1v) is 17.4. The number of aromatic nitrogens is 3. The summed E-state index contributed by atoms with van der Waals surface area (Å²) in [4.78, 5) is 11.9. The highest BCUT2D eigenvalue weighted by Crippen LogP contribution is 2.09. The molecular formula is C35H54N6O11. The molecule has 0 saturated heterocycles. The Balaban J connectivity index is 1.24. The van der Waals surface area contributed by atoms with E-state index in [0.717, 1.165) is 11.3 Å². The Morgan fingerprint density at radius 1 is 0.654 bits per heavy atom. The Bertz CT molecular complexity index is 1250. The molecular weight excluding hydrogens is 680 g/mol. The lowest BCUT2D eigenvalue weighted by Gasteiger charge is -2.09. The molecule has 17 heteroatoms. The molecule has 1 aromatic carbocycles. The van der Waals surface area contributed by atoms with E-state index in [9.17, 15) is 4.79 Å². The zero-order chi connectivity index (χ0) is 37.0. The van der Waals surface area contributed by atoms with Gasteiger partial charge in [0, 0.05) is 31.0 Å². The summed E-state index contributed by atoms with van der Waals surface area (Å²) >= 11 is 0. The van der Waals surface area contributed by atoms with E-state index in [1.807, 2.05) is 24.3 Å². The van der Waals surface area contributed by atoms with Crippen LogP contribution in [0, 0.1) is 23.2 Å². The minimum atomic E-state index is -0.0966. The zero-order valence-electron chi connectivity index (χ0n) is 30.0. The van der Waals surface area contributed by atoms with Gasteiger partial charge in [-0.15, -0.1) is 5.10 Å². The summed E-state index contributed by atoms with van der Waals surface area (Å²) in [7, 11) is 0. The van der Waals surface area contributed by atoms with Gasteiger partial charge in [-0.1, -0.05) is 11.1 Å². The van der Waals surface area contributed by atoms with Crippen LogP contribution >= 0.6 is 0 Å². The van der Waals surface area contributed by atoms with Gasteiger partial charge in [0.2, 0.25) is 5.91 Å². The van der Waals surface area contributed by atoms with E-state index < -0.39 is 0 Å². The third-order valence-corrected chi connectivity index (χ3v) is 6.47. The zero-order valence-corrected chi connectivity index (χ0v) is 30.0. The van der Waals surface area contributed by atoms with E-state index in [1.54, 1.807) is 16.9 Å². The molecule has 3 N–H and O–H groups in total. The van der Waals surface area contributed by atoms with Crippen LogP contribution in [-0.2, 0) is 58.8 Å². The molecule has 1 amide bonds. The quantitative estimate of drug-likeness (QED) is 0.0722. The van der Waals surface area contributed by atoms with Gasteiger partial charge in [0.1, 0.15) is 5.69 Å². The highest BCUT2D eigenvalue weighted by atomic mass is 16.6. The fourth-order valence-electron chi connectivity index (χ4n) is 3.93.